The molecule has 0 aliphatic carbocycles. The quantitative estimate of drug-likeness (QED) is 0.669. The van der Waals surface area contributed by atoms with Gasteiger partial charge in [-0.1, -0.05) is 43.3 Å². The number of carbonyl (C=O) groups is 1. The SMILES string of the molecule is CCCC(=O)OCC(O)CN(Cc1ccccc1)Cc1cccs1. The minimum atomic E-state index is -0.686. The molecule has 1 atom stereocenters. The lowest BCUT2D eigenvalue weighted by molar-refractivity contribution is -0.147. The van der Waals surface area contributed by atoms with Gasteiger partial charge in [0.05, 0.1) is 0 Å². The Labute approximate surface area is 147 Å². The number of esters is 1. The summed E-state index contributed by atoms with van der Waals surface area (Å²) in [7, 11) is 0. The molecule has 0 saturated carbocycles. The Morgan fingerprint density at radius 1 is 1.21 bits per heavy atom. The van der Waals surface area contributed by atoms with Gasteiger partial charge in [-0.25, -0.2) is 0 Å². The summed E-state index contributed by atoms with van der Waals surface area (Å²) in [5, 5.41) is 12.3. The van der Waals surface area contributed by atoms with Crippen LogP contribution in [0.3, 0.4) is 0 Å². The predicted octanol–water partition coefficient (Wildman–Crippen LogP) is 3.45. The van der Waals surface area contributed by atoms with E-state index in [9.17, 15) is 9.90 Å². The molecule has 1 aromatic heterocycles. The molecule has 1 aromatic carbocycles. The molecule has 130 valence electrons. The largest absolute Gasteiger partial charge is 0.463 e. The van der Waals surface area contributed by atoms with Crippen LogP contribution in [0.2, 0.25) is 0 Å². The third-order valence-electron chi connectivity index (χ3n) is 3.57. The molecule has 0 aliphatic heterocycles. The van der Waals surface area contributed by atoms with Crippen molar-refractivity contribution in [3.63, 3.8) is 0 Å². The van der Waals surface area contributed by atoms with E-state index >= 15 is 0 Å². The normalized spacial score (nSPS) is 12.3. The molecule has 5 heteroatoms. The van der Waals surface area contributed by atoms with Crippen LogP contribution in [0.15, 0.2) is 47.8 Å². The van der Waals surface area contributed by atoms with Gasteiger partial charge in [-0.15, -0.1) is 11.3 Å². The van der Waals surface area contributed by atoms with Gasteiger partial charge in [-0.3, -0.25) is 9.69 Å². The number of carbonyl (C=O) groups excluding carboxylic acids is 1. The van der Waals surface area contributed by atoms with Gasteiger partial charge >= 0.3 is 5.97 Å². The first-order valence-electron chi connectivity index (χ1n) is 8.29. The molecule has 4 nitrogen and oxygen atoms in total. The fourth-order valence-corrected chi connectivity index (χ4v) is 3.21. The second kappa shape index (κ2) is 10.2. The first-order chi connectivity index (χ1) is 11.7. The molecule has 0 bridgehead atoms. The van der Waals surface area contributed by atoms with Crippen LogP contribution in [0.1, 0.15) is 30.2 Å². The number of aliphatic hydroxyl groups excluding tert-OH is 1. The van der Waals surface area contributed by atoms with Crippen molar-refractivity contribution in [3.05, 3.63) is 58.3 Å². The summed E-state index contributed by atoms with van der Waals surface area (Å²) in [5.74, 6) is -0.246. The zero-order valence-electron chi connectivity index (χ0n) is 14.1. The standard InChI is InChI=1S/C19H25NO3S/c1-2-7-19(22)23-15-17(21)13-20(14-18-10-6-11-24-18)12-16-8-4-3-5-9-16/h3-6,8-11,17,21H,2,7,12-15H2,1H3. The second-order valence-electron chi connectivity index (χ2n) is 5.82. The highest BCUT2D eigenvalue weighted by molar-refractivity contribution is 7.09. The number of hydrogen-bond donors (Lipinski definition) is 1. The van der Waals surface area contributed by atoms with Crippen molar-refractivity contribution < 1.29 is 14.6 Å². The van der Waals surface area contributed by atoms with Crippen LogP contribution in [0.5, 0.6) is 0 Å². The Morgan fingerprint density at radius 2 is 2.00 bits per heavy atom. The van der Waals surface area contributed by atoms with Crippen LogP contribution in [-0.4, -0.2) is 35.2 Å². The third kappa shape index (κ3) is 6.83. The van der Waals surface area contributed by atoms with E-state index in [1.807, 2.05) is 31.2 Å². The molecule has 0 fully saturated rings. The molecule has 24 heavy (non-hydrogen) atoms. The molecule has 0 amide bonds. The number of ether oxygens (including phenoxy) is 1. The first kappa shape index (κ1) is 18.6. The molecular weight excluding hydrogens is 322 g/mol. The maximum Gasteiger partial charge on any atom is 0.305 e. The highest BCUT2D eigenvalue weighted by Gasteiger charge is 2.15. The van der Waals surface area contributed by atoms with Crippen LogP contribution in [0.4, 0.5) is 0 Å². The van der Waals surface area contributed by atoms with Gasteiger partial charge in [0.1, 0.15) is 12.7 Å². The molecule has 1 unspecified atom stereocenters. The molecule has 1 heterocycles. The van der Waals surface area contributed by atoms with Gasteiger partial charge < -0.3 is 9.84 Å². The molecular formula is C19H25NO3S. The number of hydrogen-bond acceptors (Lipinski definition) is 5. The molecule has 2 aromatic rings. The second-order valence-corrected chi connectivity index (χ2v) is 6.85. The van der Waals surface area contributed by atoms with Crippen molar-refractivity contribution in [3.8, 4) is 0 Å². The smallest absolute Gasteiger partial charge is 0.305 e. The van der Waals surface area contributed by atoms with Crippen molar-refractivity contribution in [1.29, 1.82) is 0 Å². The lowest BCUT2D eigenvalue weighted by atomic mass is 10.2. The first-order valence-corrected chi connectivity index (χ1v) is 9.17. The Morgan fingerprint density at radius 3 is 2.67 bits per heavy atom. The van der Waals surface area contributed by atoms with E-state index in [4.69, 9.17) is 4.74 Å². The Balaban J connectivity index is 1.90. The molecule has 0 aliphatic rings. The van der Waals surface area contributed by atoms with E-state index in [2.05, 4.69) is 28.5 Å². The van der Waals surface area contributed by atoms with Crippen LogP contribution < -0.4 is 0 Å². The summed E-state index contributed by atoms with van der Waals surface area (Å²) in [5.41, 5.74) is 1.20. The maximum absolute atomic E-state index is 11.4. The zero-order valence-corrected chi connectivity index (χ0v) is 14.9. The predicted molar refractivity (Wildman–Crippen MR) is 96.7 cm³/mol. The summed E-state index contributed by atoms with van der Waals surface area (Å²) in [6, 6.07) is 14.3. The number of thiophene rings is 1. The topological polar surface area (TPSA) is 49.8 Å². The van der Waals surface area contributed by atoms with Crippen molar-refractivity contribution in [1.82, 2.24) is 4.90 Å². The van der Waals surface area contributed by atoms with Crippen molar-refractivity contribution in [2.45, 2.75) is 39.0 Å². The number of rotatable bonds is 10. The van der Waals surface area contributed by atoms with Crippen molar-refractivity contribution >= 4 is 17.3 Å². The van der Waals surface area contributed by atoms with Crippen LogP contribution in [0.25, 0.3) is 0 Å². The molecule has 0 spiro atoms. The van der Waals surface area contributed by atoms with Gasteiger partial charge in [0.25, 0.3) is 0 Å². The van der Waals surface area contributed by atoms with E-state index in [0.29, 0.717) is 13.0 Å². The number of aliphatic hydroxyl groups is 1. The number of benzene rings is 1. The zero-order chi connectivity index (χ0) is 17.2. The molecule has 1 N–H and O–H groups in total. The van der Waals surface area contributed by atoms with Gasteiger partial charge in [-0.05, 0) is 23.4 Å². The Bertz CT molecular complexity index is 586. The van der Waals surface area contributed by atoms with Crippen LogP contribution >= 0.6 is 11.3 Å². The summed E-state index contributed by atoms with van der Waals surface area (Å²) in [6.07, 6.45) is 0.470. The van der Waals surface area contributed by atoms with Crippen LogP contribution in [0, 0.1) is 0 Å². The highest BCUT2D eigenvalue weighted by Crippen LogP contribution is 2.15. The van der Waals surface area contributed by atoms with Gasteiger partial charge in [0.2, 0.25) is 0 Å². The van der Waals surface area contributed by atoms with E-state index < -0.39 is 6.10 Å². The highest BCUT2D eigenvalue weighted by atomic mass is 32.1. The van der Waals surface area contributed by atoms with E-state index in [0.717, 1.165) is 19.5 Å². The maximum atomic E-state index is 11.4. The molecule has 2 rings (SSSR count). The van der Waals surface area contributed by atoms with E-state index in [1.54, 1.807) is 11.3 Å². The third-order valence-corrected chi connectivity index (χ3v) is 4.43. The lowest BCUT2D eigenvalue weighted by Crippen LogP contribution is -2.34. The Hall–Kier alpha value is -1.69. The molecule has 0 radical (unpaired) electrons. The monoisotopic (exact) mass is 347 g/mol. The fraction of sp³-hybridized carbons (Fsp3) is 0.421. The minimum Gasteiger partial charge on any atom is -0.463 e. The Kier molecular flexibility index (Phi) is 7.95. The summed E-state index contributed by atoms with van der Waals surface area (Å²) in [4.78, 5) is 14.9. The number of nitrogens with zero attached hydrogens (tertiary/aromatic N) is 1. The van der Waals surface area contributed by atoms with Crippen molar-refractivity contribution in [2.75, 3.05) is 13.2 Å². The summed E-state index contributed by atoms with van der Waals surface area (Å²) >= 11 is 1.71. The van der Waals surface area contributed by atoms with Crippen molar-refractivity contribution in [2.24, 2.45) is 0 Å². The van der Waals surface area contributed by atoms with Gasteiger partial charge in [0.15, 0.2) is 0 Å². The average molecular weight is 347 g/mol. The minimum absolute atomic E-state index is 0.0502. The van der Waals surface area contributed by atoms with Gasteiger partial charge in [0, 0.05) is 30.9 Å². The fourth-order valence-electron chi connectivity index (χ4n) is 2.47. The molecule has 0 saturated heterocycles. The van der Waals surface area contributed by atoms with Gasteiger partial charge in [-0.2, -0.15) is 0 Å². The average Bonchev–Trinajstić information content (AvgIpc) is 3.07. The van der Waals surface area contributed by atoms with Crippen LogP contribution in [-0.2, 0) is 22.6 Å². The summed E-state index contributed by atoms with van der Waals surface area (Å²) < 4.78 is 5.12. The summed E-state index contributed by atoms with van der Waals surface area (Å²) in [6.45, 7) is 3.96. The van der Waals surface area contributed by atoms with E-state index in [1.165, 1.54) is 10.4 Å². The lowest BCUT2D eigenvalue weighted by Gasteiger charge is -2.24. The van der Waals surface area contributed by atoms with E-state index in [-0.39, 0.29) is 12.6 Å².